The van der Waals surface area contributed by atoms with Crippen molar-refractivity contribution in [3.63, 3.8) is 0 Å². The Morgan fingerprint density at radius 3 is 2.33 bits per heavy atom. The third-order valence-corrected chi connectivity index (χ3v) is 8.70. The lowest BCUT2D eigenvalue weighted by molar-refractivity contribution is -0.163. The number of unbranched alkanes of at least 4 members (excludes halogenated alkanes) is 1. The van der Waals surface area contributed by atoms with Crippen molar-refractivity contribution in [1.82, 2.24) is 20.1 Å². The minimum absolute atomic E-state index is 0. The van der Waals surface area contributed by atoms with Gasteiger partial charge in [-0.25, -0.2) is 13.4 Å². The molecular formula is C26H43Cl2N5O5S. The molecule has 222 valence electrons. The van der Waals surface area contributed by atoms with Gasteiger partial charge in [-0.1, -0.05) is 38.7 Å². The monoisotopic (exact) mass is 607 g/mol. The van der Waals surface area contributed by atoms with Crippen LogP contribution in [0.1, 0.15) is 76.7 Å². The first-order valence-electron chi connectivity index (χ1n) is 13.5. The molecule has 0 unspecified atom stereocenters. The number of rotatable bonds is 9. The average Bonchev–Trinajstić information content (AvgIpc) is 2.84. The molecule has 3 aliphatic rings. The molecule has 1 saturated carbocycles. The van der Waals surface area contributed by atoms with Crippen LogP contribution in [0, 0.1) is 0 Å². The number of piperazine rings is 1. The van der Waals surface area contributed by atoms with E-state index in [1.54, 1.807) is 12.3 Å². The van der Waals surface area contributed by atoms with E-state index >= 15 is 0 Å². The number of aliphatic hydroxyl groups is 1. The number of amides is 2. The summed E-state index contributed by atoms with van der Waals surface area (Å²) in [6, 6.07) is 2.82. The molecule has 1 atom stereocenters. The number of nitrogens with zero attached hydrogens (tertiary/aromatic N) is 3. The first-order chi connectivity index (χ1) is 17.5. The van der Waals surface area contributed by atoms with Crippen molar-refractivity contribution >= 4 is 52.5 Å². The highest BCUT2D eigenvalue weighted by Gasteiger charge is 2.54. The van der Waals surface area contributed by atoms with Crippen molar-refractivity contribution in [1.29, 1.82) is 0 Å². The van der Waals surface area contributed by atoms with Crippen LogP contribution in [0.4, 0.5) is 5.82 Å². The van der Waals surface area contributed by atoms with Crippen LogP contribution in [-0.4, -0.2) is 83.2 Å². The van der Waals surface area contributed by atoms with Crippen LogP contribution in [0.3, 0.4) is 0 Å². The van der Waals surface area contributed by atoms with Gasteiger partial charge in [0.2, 0.25) is 21.8 Å². The van der Waals surface area contributed by atoms with Gasteiger partial charge in [-0.15, -0.1) is 24.8 Å². The van der Waals surface area contributed by atoms with Crippen molar-refractivity contribution in [2.24, 2.45) is 0 Å². The molecule has 3 N–H and O–H groups in total. The van der Waals surface area contributed by atoms with Crippen LogP contribution < -0.4 is 10.0 Å². The van der Waals surface area contributed by atoms with E-state index in [1.165, 1.54) is 0 Å². The van der Waals surface area contributed by atoms with Gasteiger partial charge in [0, 0.05) is 38.8 Å². The number of nitrogens with one attached hydrogen (secondary N) is 2. The number of pyridine rings is 1. The predicted molar refractivity (Wildman–Crippen MR) is 156 cm³/mol. The van der Waals surface area contributed by atoms with Crippen molar-refractivity contribution in [2.75, 3.05) is 30.6 Å². The number of halogens is 2. The number of hydrogen-bond acceptors (Lipinski definition) is 7. The predicted octanol–water partition coefficient (Wildman–Crippen LogP) is 2.84. The molecule has 2 amide bonds. The lowest BCUT2D eigenvalue weighted by Crippen LogP contribution is -2.73. The van der Waals surface area contributed by atoms with Gasteiger partial charge in [-0.05, 0) is 43.7 Å². The number of hydrogen-bond donors (Lipinski definition) is 3. The van der Waals surface area contributed by atoms with Crippen molar-refractivity contribution < 1.29 is 23.1 Å². The number of sulfonamides is 1. The lowest BCUT2D eigenvalue weighted by atomic mass is 9.77. The second kappa shape index (κ2) is 13.8. The van der Waals surface area contributed by atoms with Crippen molar-refractivity contribution in [2.45, 2.75) is 94.9 Å². The maximum Gasteiger partial charge on any atom is 0.246 e. The largest absolute Gasteiger partial charge is 0.390 e. The summed E-state index contributed by atoms with van der Waals surface area (Å²) in [6.07, 6.45) is 10.3. The molecule has 13 heteroatoms. The Balaban J connectivity index is 0.00000267. The van der Waals surface area contributed by atoms with Gasteiger partial charge in [-0.3, -0.25) is 19.2 Å². The van der Waals surface area contributed by atoms with Gasteiger partial charge >= 0.3 is 0 Å². The molecule has 39 heavy (non-hydrogen) atoms. The van der Waals surface area contributed by atoms with E-state index in [4.69, 9.17) is 0 Å². The van der Waals surface area contributed by atoms with Gasteiger partial charge in [0.1, 0.15) is 17.4 Å². The number of carbonyl (C=O) groups excluding carboxylic acids is 2. The molecule has 2 aliphatic heterocycles. The number of piperidine rings is 1. The number of carbonyl (C=O) groups is 2. The Kier molecular flexibility index (Phi) is 11.9. The first kappa shape index (κ1) is 33.5. The Labute approximate surface area is 244 Å². The zero-order chi connectivity index (χ0) is 26.7. The highest BCUT2D eigenvalue weighted by atomic mass is 35.5. The SMILES string of the molecule is CCCCN1C(=O)[C@@H](CC2(O)CCCCC2)NC(=O)C12CCN(Cc1ccc(NS(C)(=O)=O)nc1)CC2.Cl.Cl. The van der Waals surface area contributed by atoms with Crippen LogP contribution in [0.2, 0.25) is 0 Å². The zero-order valence-electron chi connectivity index (χ0n) is 22.9. The van der Waals surface area contributed by atoms with E-state index in [2.05, 4.69) is 26.8 Å². The summed E-state index contributed by atoms with van der Waals surface area (Å²) in [5.74, 6) is 0.129. The highest BCUT2D eigenvalue weighted by molar-refractivity contribution is 7.92. The Hall–Kier alpha value is -1.66. The van der Waals surface area contributed by atoms with Crippen molar-refractivity contribution in [3.8, 4) is 0 Å². The molecule has 1 spiro atoms. The van der Waals surface area contributed by atoms with E-state index in [-0.39, 0.29) is 42.4 Å². The van der Waals surface area contributed by atoms with E-state index in [0.717, 1.165) is 43.9 Å². The zero-order valence-corrected chi connectivity index (χ0v) is 25.3. The molecule has 10 nitrogen and oxygen atoms in total. The maximum atomic E-state index is 13.7. The molecule has 0 radical (unpaired) electrons. The number of aromatic nitrogens is 1. The summed E-state index contributed by atoms with van der Waals surface area (Å²) in [6.45, 7) is 4.57. The van der Waals surface area contributed by atoms with E-state index < -0.39 is 27.2 Å². The molecule has 1 aromatic heterocycles. The minimum Gasteiger partial charge on any atom is -0.390 e. The number of likely N-dealkylation sites (tertiary alicyclic amines) is 1. The number of anilines is 1. The van der Waals surface area contributed by atoms with Crippen LogP contribution in [-0.2, 0) is 26.2 Å². The summed E-state index contributed by atoms with van der Waals surface area (Å²) >= 11 is 0. The molecule has 4 rings (SSSR count). The van der Waals surface area contributed by atoms with Gasteiger partial charge in [0.05, 0.1) is 11.9 Å². The molecule has 1 aromatic rings. The molecular weight excluding hydrogens is 565 g/mol. The fourth-order valence-corrected chi connectivity index (χ4v) is 6.55. The molecule has 1 aliphatic carbocycles. The Morgan fingerprint density at radius 2 is 1.77 bits per heavy atom. The fraction of sp³-hybridized carbons (Fsp3) is 0.731. The second-order valence-electron chi connectivity index (χ2n) is 11.1. The summed E-state index contributed by atoms with van der Waals surface area (Å²) in [4.78, 5) is 35.5. The quantitative estimate of drug-likeness (QED) is 0.393. The first-order valence-corrected chi connectivity index (χ1v) is 15.4. The lowest BCUT2D eigenvalue weighted by Gasteiger charge is -2.52. The summed E-state index contributed by atoms with van der Waals surface area (Å²) in [7, 11) is -3.38. The van der Waals surface area contributed by atoms with Gasteiger partial charge < -0.3 is 15.3 Å². The summed E-state index contributed by atoms with van der Waals surface area (Å²) in [5.41, 5.74) is -0.783. The molecule has 0 bridgehead atoms. The topological polar surface area (TPSA) is 132 Å². The summed E-state index contributed by atoms with van der Waals surface area (Å²) in [5, 5.41) is 14.1. The van der Waals surface area contributed by atoms with Crippen LogP contribution in [0.15, 0.2) is 18.3 Å². The van der Waals surface area contributed by atoms with E-state index in [9.17, 15) is 23.1 Å². The van der Waals surface area contributed by atoms with Crippen molar-refractivity contribution in [3.05, 3.63) is 23.9 Å². The van der Waals surface area contributed by atoms with Crippen LogP contribution in [0.25, 0.3) is 0 Å². The molecule has 3 fully saturated rings. The molecule has 2 saturated heterocycles. The van der Waals surface area contributed by atoms with Gasteiger partial charge in [-0.2, -0.15) is 0 Å². The fourth-order valence-electron chi connectivity index (χ4n) is 6.05. The van der Waals surface area contributed by atoms with Crippen LogP contribution >= 0.6 is 24.8 Å². The Bertz CT molecular complexity index is 1070. The van der Waals surface area contributed by atoms with E-state index in [0.29, 0.717) is 58.3 Å². The smallest absolute Gasteiger partial charge is 0.246 e. The Morgan fingerprint density at radius 1 is 1.10 bits per heavy atom. The van der Waals surface area contributed by atoms with Crippen LogP contribution in [0.5, 0.6) is 0 Å². The van der Waals surface area contributed by atoms with Gasteiger partial charge in [0.25, 0.3) is 0 Å². The standard InChI is InChI=1S/C26H41N5O5S.2ClH/c1-3-4-14-31-23(32)21(17-25(34)10-6-5-7-11-25)28-24(33)26(31)12-15-30(16-13-26)19-20-8-9-22(27-18-20)29-37(2,35)36;;/h8-9,18,21,34H,3-7,10-17,19H2,1-2H3,(H,27,29)(H,28,33);2*1H/t21-;;/m1../s1. The minimum atomic E-state index is -3.38. The third-order valence-electron chi connectivity index (χ3n) is 8.12. The average molecular weight is 609 g/mol. The second-order valence-corrected chi connectivity index (χ2v) is 12.8. The molecule has 3 heterocycles. The highest BCUT2D eigenvalue weighted by Crippen LogP contribution is 2.37. The summed E-state index contributed by atoms with van der Waals surface area (Å²) < 4.78 is 25.2. The maximum absolute atomic E-state index is 13.7. The third kappa shape index (κ3) is 8.19. The molecule has 0 aromatic carbocycles. The van der Waals surface area contributed by atoms with Gasteiger partial charge in [0.15, 0.2) is 0 Å². The van der Waals surface area contributed by atoms with E-state index in [1.807, 2.05) is 11.0 Å². The normalized spacial score (nSPS) is 22.9.